The molecule has 0 radical (unpaired) electrons. The summed E-state index contributed by atoms with van der Waals surface area (Å²) >= 11 is 0. The van der Waals surface area contributed by atoms with Crippen LogP contribution < -0.4 is 10.0 Å². The molecular formula is C13H20N2O4S. The van der Waals surface area contributed by atoms with Gasteiger partial charge in [0, 0.05) is 19.2 Å². The number of hydrogen-bond acceptors (Lipinski definition) is 4. The van der Waals surface area contributed by atoms with Gasteiger partial charge in [0.15, 0.2) is 0 Å². The third kappa shape index (κ3) is 4.59. The molecule has 7 heteroatoms. The summed E-state index contributed by atoms with van der Waals surface area (Å²) in [6.07, 6.45) is 0.447. The Kier molecular flexibility index (Phi) is 6.12. The highest BCUT2D eigenvalue weighted by Gasteiger charge is 2.14. The van der Waals surface area contributed by atoms with Crippen molar-refractivity contribution in [1.82, 2.24) is 10.0 Å². The van der Waals surface area contributed by atoms with Crippen LogP contribution in [0.3, 0.4) is 0 Å². The lowest BCUT2D eigenvalue weighted by Crippen LogP contribution is -2.27. The zero-order chi connectivity index (χ0) is 15.2. The Hall–Kier alpha value is -1.44. The number of benzene rings is 1. The molecule has 0 aliphatic heterocycles. The van der Waals surface area contributed by atoms with Crippen LogP contribution in [0, 0.1) is 0 Å². The van der Waals surface area contributed by atoms with Gasteiger partial charge in [0.25, 0.3) is 5.91 Å². The molecule has 1 aromatic carbocycles. The summed E-state index contributed by atoms with van der Waals surface area (Å²) in [5, 5.41) is 11.8. The number of carbonyl (C=O) groups excluding carboxylic acids is 1. The molecule has 0 aromatic heterocycles. The molecule has 0 heterocycles. The van der Waals surface area contributed by atoms with Crippen molar-refractivity contribution in [2.75, 3.05) is 13.6 Å². The monoisotopic (exact) mass is 300 g/mol. The van der Waals surface area contributed by atoms with Gasteiger partial charge in [0.1, 0.15) is 0 Å². The molecule has 1 atom stereocenters. The molecule has 1 aromatic rings. The maximum atomic E-state index is 12.0. The molecule has 0 saturated carbocycles. The van der Waals surface area contributed by atoms with Crippen LogP contribution in [0.15, 0.2) is 29.2 Å². The van der Waals surface area contributed by atoms with Crippen molar-refractivity contribution in [3.63, 3.8) is 0 Å². The number of carbonyl (C=O) groups is 1. The van der Waals surface area contributed by atoms with E-state index in [9.17, 15) is 18.3 Å². The Labute approximate surface area is 119 Å². The second-order valence-electron chi connectivity index (χ2n) is 4.35. The van der Waals surface area contributed by atoms with E-state index < -0.39 is 16.1 Å². The van der Waals surface area contributed by atoms with E-state index in [1.807, 2.05) is 6.92 Å². The van der Waals surface area contributed by atoms with Crippen molar-refractivity contribution in [3.05, 3.63) is 29.8 Å². The van der Waals surface area contributed by atoms with Crippen LogP contribution in [-0.2, 0) is 10.0 Å². The number of aliphatic hydroxyl groups is 1. The second-order valence-corrected chi connectivity index (χ2v) is 6.12. The highest BCUT2D eigenvalue weighted by atomic mass is 32.2. The summed E-state index contributed by atoms with van der Waals surface area (Å²) in [5.74, 6) is -0.270. The van der Waals surface area contributed by atoms with E-state index in [-0.39, 0.29) is 17.3 Å². The zero-order valence-electron chi connectivity index (χ0n) is 11.6. The molecule has 0 bridgehead atoms. The predicted octanol–water partition coefficient (Wildman–Crippen LogP) is 0.485. The quantitative estimate of drug-likeness (QED) is 0.683. The molecule has 112 valence electrons. The lowest BCUT2D eigenvalue weighted by Gasteiger charge is -2.10. The van der Waals surface area contributed by atoms with Crippen molar-refractivity contribution in [1.29, 1.82) is 0 Å². The van der Waals surface area contributed by atoms with Gasteiger partial charge in [-0.2, -0.15) is 0 Å². The molecule has 0 aliphatic rings. The van der Waals surface area contributed by atoms with Crippen molar-refractivity contribution >= 4 is 15.9 Å². The highest BCUT2D eigenvalue weighted by molar-refractivity contribution is 7.89. The molecule has 1 amide bonds. The first kappa shape index (κ1) is 16.6. The van der Waals surface area contributed by atoms with Gasteiger partial charge in [-0.25, -0.2) is 13.1 Å². The Balaban J connectivity index is 2.70. The Morgan fingerprint density at radius 2 is 1.90 bits per heavy atom. The first-order valence-corrected chi connectivity index (χ1v) is 7.89. The Morgan fingerprint density at radius 1 is 1.30 bits per heavy atom. The normalized spacial score (nSPS) is 12.9. The summed E-state index contributed by atoms with van der Waals surface area (Å²) in [4.78, 5) is 11.4. The van der Waals surface area contributed by atoms with Crippen LogP contribution in [0.25, 0.3) is 0 Å². The molecule has 6 nitrogen and oxygen atoms in total. The van der Waals surface area contributed by atoms with E-state index in [4.69, 9.17) is 0 Å². The second kappa shape index (κ2) is 7.37. The van der Waals surface area contributed by atoms with E-state index >= 15 is 0 Å². The topological polar surface area (TPSA) is 95.5 Å². The lowest BCUT2D eigenvalue weighted by molar-refractivity contribution is 0.0963. The minimum Gasteiger partial charge on any atom is -0.393 e. The molecule has 20 heavy (non-hydrogen) atoms. The fourth-order valence-corrected chi connectivity index (χ4v) is 2.62. The molecule has 3 N–H and O–H groups in total. The lowest BCUT2D eigenvalue weighted by atomic mass is 10.2. The van der Waals surface area contributed by atoms with Crippen LogP contribution in [-0.4, -0.2) is 39.1 Å². The Morgan fingerprint density at radius 3 is 2.40 bits per heavy atom. The fourth-order valence-electron chi connectivity index (χ4n) is 1.58. The largest absolute Gasteiger partial charge is 0.393 e. The van der Waals surface area contributed by atoms with Crippen molar-refractivity contribution in [2.45, 2.75) is 30.8 Å². The van der Waals surface area contributed by atoms with E-state index in [0.717, 1.165) is 0 Å². The van der Waals surface area contributed by atoms with E-state index in [1.54, 1.807) is 0 Å². The molecule has 0 aliphatic carbocycles. The van der Waals surface area contributed by atoms with Crippen molar-refractivity contribution < 1.29 is 18.3 Å². The van der Waals surface area contributed by atoms with Gasteiger partial charge in [-0.1, -0.05) is 6.92 Å². The zero-order valence-corrected chi connectivity index (χ0v) is 12.4. The van der Waals surface area contributed by atoms with Crippen molar-refractivity contribution in [3.8, 4) is 0 Å². The molecule has 0 fully saturated rings. The highest BCUT2D eigenvalue weighted by Crippen LogP contribution is 2.10. The predicted molar refractivity (Wildman–Crippen MR) is 75.9 cm³/mol. The number of rotatable bonds is 7. The number of hydrogen-bond donors (Lipinski definition) is 3. The fraction of sp³-hybridized carbons (Fsp3) is 0.462. The van der Waals surface area contributed by atoms with Crippen molar-refractivity contribution in [2.24, 2.45) is 0 Å². The summed E-state index contributed by atoms with van der Waals surface area (Å²) in [6, 6.07) is 5.66. The average Bonchev–Trinajstić information content (AvgIpc) is 2.46. The van der Waals surface area contributed by atoms with Crippen LogP contribution >= 0.6 is 0 Å². The Bertz CT molecular complexity index is 540. The number of amides is 1. The van der Waals surface area contributed by atoms with Crippen LogP contribution in [0.5, 0.6) is 0 Å². The van der Waals surface area contributed by atoms with Gasteiger partial charge < -0.3 is 10.4 Å². The first-order valence-electron chi connectivity index (χ1n) is 6.40. The molecule has 1 unspecified atom stereocenters. The minimum absolute atomic E-state index is 0.0936. The van der Waals surface area contributed by atoms with Crippen LogP contribution in [0.1, 0.15) is 30.1 Å². The van der Waals surface area contributed by atoms with E-state index in [0.29, 0.717) is 18.4 Å². The number of sulfonamides is 1. The molecule has 1 rings (SSSR count). The van der Waals surface area contributed by atoms with Gasteiger partial charge in [0.05, 0.1) is 11.0 Å². The molecular weight excluding hydrogens is 280 g/mol. The van der Waals surface area contributed by atoms with Gasteiger partial charge in [-0.15, -0.1) is 0 Å². The van der Waals surface area contributed by atoms with Gasteiger partial charge in [0.2, 0.25) is 10.0 Å². The van der Waals surface area contributed by atoms with E-state index in [1.165, 1.54) is 31.3 Å². The summed E-state index contributed by atoms with van der Waals surface area (Å²) in [6.45, 7) is 2.01. The smallest absolute Gasteiger partial charge is 0.251 e. The molecule has 0 saturated heterocycles. The van der Waals surface area contributed by atoms with Gasteiger partial charge >= 0.3 is 0 Å². The summed E-state index contributed by atoms with van der Waals surface area (Å²) < 4.78 is 26.3. The minimum atomic E-state index is -3.61. The summed E-state index contributed by atoms with van der Waals surface area (Å²) in [5.41, 5.74) is 0.396. The average molecular weight is 300 g/mol. The van der Waals surface area contributed by atoms with Gasteiger partial charge in [-0.05, 0) is 37.1 Å². The standard InChI is InChI=1S/C13H20N2O4S/c1-3-11(16)8-9-15-20(18,19)12-6-4-10(5-7-12)13(17)14-2/h4-7,11,15-16H,3,8-9H2,1-2H3,(H,14,17). The maximum Gasteiger partial charge on any atom is 0.251 e. The summed E-state index contributed by atoms with van der Waals surface area (Å²) in [7, 11) is -2.10. The SMILES string of the molecule is CCC(O)CCNS(=O)(=O)c1ccc(C(=O)NC)cc1. The van der Waals surface area contributed by atoms with E-state index in [2.05, 4.69) is 10.0 Å². The third-order valence-corrected chi connectivity index (χ3v) is 4.37. The first-order chi connectivity index (χ1) is 9.40. The number of aliphatic hydroxyl groups excluding tert-OH is 1. The van der Waals surface area contributed by atoms with Crippen LogP contribution in [0.4, 0.5) is 0 Å². The maximum absolute atomic E-state index is 12.0. The molecule has 0 spiro atoms. The number of nitrogens with one attached hydrogen (secondary N) is 2. The van der Waals surface area contributed by atoms with Crippen LogP contribution in [0.2, 0.25) is 0 Å². The third-order valence-electron chi connectivity index (χ3n) is 2.89. The van der Waals surface area contributed by atoms with Gasteiger partial charge in [-0.3, -0.25) is 4.79 Å².